The minimum atomic E-state index is -1.25. The number of carboxylic acids is 1. The summed E-state index contributed by atoms with van der Waals surface area (Å²) in [6.45, 7) is 3.99. The fourth-order valence-corrected chi connectivity index (χ4v) is 2.53. The van der Waals surface area contributed by atoms with Crippen LogP contribution in [-0.4, -0.2) is 27.7 Å². The number of aromatic nitrogens is 2. The van der Waals surface area contributed by atoms with Crippen LogP contribution in [0.1, 0.15) is 16.1 Å². The van der Waals surface area contributed by atoms with Gasteiger partial charge in [-0.1, -0.05) is 43.0 Å². The predicted octanol–water partition coefficient (Wildman–Crippen LogP) is 3.95. The summed E-state index contributed by atoms with van der Waals surface area (Å²) in [7, 11) is 0. The van der Waals surface area contributed by atoms with Gasteiger partial charge in [0.25, 0.3) is 0 Å². The van der Waals surface area contributed by atoms with Crippen molar-refractivity contribution in [2.75, 3.05) is 6.61 Å². The smallest absolute Gasteiger partial charge is 0.340 e. The third kappa shape index (κ3) is 3.83. The highest BCUT2D eigenvalue weighted by Gasteiger charge is 2.22. The maximum Gasteiger partial charge on any atom is 0.340 e. The van der Waals surface area contributed by atoms with Crippen LogP contribution < -0.4 is 4.74 Å². The van der Waals surface area contributed by atoms with E-state index in [2.05, 4.69) is 16.5 Å². The molecule has 0 atom stereocenters. The Morgan fingerprint density at radius 3 is 2.41 bits per heavy atom. The molecule has 0 fully saturated rings. The van der Waals surface area contributed by atoms with E-state index in [9.17, 15) is 15.2 Å². The summed E-state index contributed by atoms with van der Waals surface area (Å²) in [5, 5.41) is 19.0. The Morgan fingerprint density at radius 2 is 1.81 bits per heavy atom. The molecule has 0 amide bonds. The molecule has 132 valence electrons. The zero-order valence-corrected chi connectivity index (χ0v) is 14.3. The first-order valence-corrected chi connectivity index (χ1v) is 8.09. The second-order valence-electron chi connectivity index (χ2n) is 5.53. The van der Waals surface area contributed by atoms with Gasteiger partial charge in [-0.15, -0.1) is 0 Å². The van der Waals surface area contributed by atoms with E-state index in [4.69, 9.17) is 4.74 Å². The Hall–Kier alpha value is -3.98. The van der Waals surface area contributed by atoms with Crippen molar-refractivity contribution in [3.05, 3.63) is 78.5 Å². The summed E-state index contributed by atoms with van der Waals surface area (Å²) in [4.78, 5) is 20.3. The van der Waals surface area contributed by atoms with E-state index in [-0.39, 0.29) is 22.8 Å². The average Bonchev–Trinajstić information content (AvgIpc) is 2.72. The lowest BCUT2D eigenvalue weighted by atomic mass is 10.0. The van der Waals surface area contributed by atoms with E-state index in [1.54, 1.807) is 54.6 Å². The first-order valence-electron chi connectivity index (χ1n) is 8.09. The lowest BCUT2D eigenvalue weighted by molar-refractivity contribution is 0.0696. The summed E-state index contributed by atoms with van der Waals surface area (Å²) < 4.78 is 5.45. The Morgan fingerprint density at radius 1 is 1.11 bits per heavy atom. The molecule has 0 radical (unpaired) electrons. The van der Waals surface area contributed by atoms with Gasteiger partial charge in [-0.2, -0.15) is 5.26 Å². The Balaban J connectivity index is 2.13. The summed E-state index contributed by atoms with van der Waals surface area (Å²) in [5.41, 5.74) is 1.06. The van der Waals surface area contributed by atoms with Crippen LogP contribution in [0.5, 0.6) is 5.75 Å². The number of hydrogen-bond acceptors (Lipinski definition) is 5. The van der Waals surface area contributed by atoms with Crippen molar-refractivity contribution < 1.29 is 14.6 Å². The second kappa shape index (κ2) is 7.93. The van der Waals surface area contributed by atoms with E-state index in [1.165, 1.54) is 0 Å². The average molecular weight is 357 g/mol. The molecule has 0 unspecified atom stereocenters. The van der Waals surface area contributed by atoms with Gasteiger partial charge in [0, 0.05) is 11.1 Å². The fourth-order valence-electron chi connectivity index (χ4n) is 2.53. The molecule has 1 N–H and O–H groups in total. The van der Waals surface area contributed by atoms with Crippen molar-refractivity contribution in [3.63, 3.8) is 0 Å². The first-order chi connectivity index (χ1) is 13.1. The van der Waals surface area contributed by atoms with Crippen molar-refractivity contribution in [1.29, 1.82) is 5.26 Å². The molecule has 3 rings (SSSR count). The molecule has 6 nitrogen and oxygen atoms in total. The summed E-state index contributed by atoms with van der Waals surface area (Å²) >= 11 is 0. The highest BCUT2D eigenvalue weighted by Crippen LogP contribution is 2.28. The molecule has 3 aromatic rings. The maximum absolute atomic E-state index is 11.7. The zero-order chi connectivity index (χ0) is 19.2. The Bertz CT molecular complexity index is 1020. The highest BCUT2D eigenvalue weighted by molar-refractivity contribution is 5.97. The van der Waals surface area contributed by atoms with Gasteiger partial charge in [0.2, 0.25) is 0 Å². The molecule has 0 saturated carbocycles. The van der Waals surface area contributed by atoms with Crippen molar-refractivity contribution in [2.24, 2.45) is 0 Å². The summed E-state index contributed by atoms with van der Waals surface area (Å²) in [5.74, 6) is -0.319. The van der Waals surface area contributed by atoms with E-state index in [1.807, 2.05) is 12.1 Å². The zero-order valence-electron chi connectivity index (χ0n) is 14.3. The van der Waals surface area contributed by atoms with Crippen LogP contribution >= 0.6 is 0 Å². The van der Waals surface area contributed by atoms with E-state index >= 15 is 0 Å². The SMILES string of the molecule is C=CCOc1ccc(-c2nc(C#N)c(C(=O)O)c(-c3ccccc3)n2)cc1. The monoisotopic (exact) mass is 357 g/mol. The lowest BCUT2D eigenvalue weighted by Crippen LogP contribution is -2.09. The van der Waals surface area contributed by atoms with E-state index in [0.29, 0.717) is 23.5 Å². The molecule has 0 spiro atoms. The summed E-state index contributed by atoms with van der Waals surface area (Å²) in [6, 6.07) is 17.7. The lowest BCUT2D eigenvalue weighted by Gasteiger charge is -2.10. The minimum Gasteiger partial charge on any atom is -0.490 e. The van der Waals surface area contributed by atoms with Crippen molar-refractivity contribution in [2.45, 2.75) is 0 Å². The number of rotatable bonds is 6. The largest absolute Gasteiger partial charge is 0.490 e. The number of aromatic carboxylic acids is 1. The Kier molecular flexibility index (Phi) is 5.24. The third-order valence-corrected chi connectivity index (χ3v) is 3.76. The van der Waals surface area contributed by atoms with Crippen molar-refractivity contribution >= 4 is 5.97 Å². The molecular weight excluding hydrogens is 342 g/mol. The molecule has 0 aliphatic carbocycles. The second-order valence-corrected chi connectivity index (χ2v) is 5.53. The van der Waals surface area contributed by atoms with Gasteiger partial charge in [0.15, 0.2) is 11.5 Å². The van der Waals surface area contributed by atoms with Gasteiger partial charge in [0.05, 0.1) is 5.69 Å². The molecule has 0 aliphatic rings. The van der Waals surface area contributed by atoms with Crippen LogP contribution in [0.15, 0.2) is 67.3 Å². The van der Waals surface area contributed by atoms with Crippen LogP contribution in [0, 0.1) is 11.3 Å². The molecule has 27 heavy (non-hydrogen) atoms. The molecule has 1 heterocycles. The minimum absolute atomic E-state index is 0.182. The molecular formula is C21H15N3O3. The first kappa shape index (κ1) is 17.8. The van der Waals surface area contributed by atoms with Gasteiger partial charge < -0.3 is 9.84 Å². The number of nitrogens with zero attached hydrogens (tertiary/aromatic N) is 3. The van der Waals surface area contributed by atoms with Crippen LogP contribution in [-0.2, 0) is 0 Å². The van der Waals surface area contributed by atoms with Gasteiger partial charge in [-0.25, -0.2) is 14.8 Å². The van der Waals surface area contributed by atoms with E-state index in [0.717, 1.165) is 0 Å². The van der Waals surface area contributed by atoms with Crippen LogP contribution in [0.4, 0.5) is 0 Å². The quantitative estimate of drug-likeness (QED) is 0.671. The molecule has 0 saturated heterocycles. The van der Waals surface area contributed by atoms with Gasteiger partial charge >= 0.3 is 5.97 Å². The predicted molar refractivity (Wildman–Crippen MR) is 100 cm³/mol. The van der Waals surface area contributed by atoms with Crippen molar-refractivity contribution in [3.8, 4) is 34.5 Å². The standard InChI is InChI=1S/C21H15N3O3/c1-2-12-27-16-10-8-15(9-11-16)20-23-17(13-22)18(21(25)26)19(24-20)14-6-4-3-5-7-14/h2-11H,1,12H2,(H,25,26). The van der Waals surface area contributed by atoms with Crippen LogP contribution in [0.25, 0.3) is 22.6 Å². The molecule has 6 heteroatoms. The Labute approximate surface area is 156 Å². The van der Waals surface area contributed by atoms with Gasteiger partial charge in [-0.05, 0) is 24.3 Å². The van der Waals surface area contributed by atoms with Gasteiger partial charge in [-0.3, -0.25) is 0 Å². The molecule has 2 aromatic carbocycles. The van der Waals surface area contributed by atoms with Crippen molar-refractivity contribution in [1.82, 2.24) is 9.97 Å². The molecule has 1 aromatic heterocycles. The topological polar surface area (TPSA) is 96.1 Å². The molecule has 0 bridgehead atoms. The number of carbonyl (C=O) groups is 1. The number of benzene rings is 2. The maximum atomic E-state index is 11.7. The number of nitriles is 1. The van der Waals surface area contributed by atoms with Crippen LogP contribution in [0.3, 0.4) is 0 Å². The highest BCUT2D eigenvalue weighted by atomic mass is 16.5. The third-order valence-electron chi connectivity index (χ3n) is 3.76. The van der Waals surface area contributed by atoms with Crippen LogP contribution in [0.2, 0.25) is 0 Å². The number of ether oxygens (including phenoxy) is 1. The number of carboxylic acid groups (broad SMARTS) is 1. The fraction of sp³-hybridized carbons (Fsp3) is 0.0476. The van der Waals surface area contributed by atoms with Gasteiger partial charge in [0.1, 0.15) is 24.0 Å². The normalized spacial score (nSPS) is 10.0. The summed E-state index contributed by atoms with van der Waals surface area (Å²) in [6.07, 6.45) is 1.65. The molecule has 0 aliphatic heterocycles. The van der Waals surface area contributed by atoms with E-state index < -0.39 is 5.97 Å². The number of hydrogen-bond donors (Lipinski definition) is 1.